The van der Waals surface area contributed by atoms with Crippen molar-refractivity contribution >= 4 is 17.3 Å². The number of hydrogen-bond acceptors (Lipinski definition) is 4. The summed E-state index contributed by atoms with van der Waals surface area (Å²) in [7, 11) is 0. The lowest BCUT2D eigenvalue weighted by atomic mass is 10.0. The van der Waals surface area contributed by atoms with Gasteiger partial charge in [0.15, 0.2) is 5.11 Å². The molecule has 3 aromatic rings. The first kappa shape index (κ1) is 19.5. The van der Waals surface area contributed by atoms with Gasteiger partial charge >= 0.3 is 0 Å². The molecule has 1 aromatic carbocycles. The lowest BCUT2D eigenvalue weighted by Gasteiger charge is -2.29. The van der Waals surface area contributed by atoms with Crippen LogP contribution < -0.4 is 10.1 Å². The van der Waals surface area contributed by atoms with Gasteiger partial charge in [0, 0.05) is 17.8 Å². The molecule has 29 heavy (non-hydrogen) atoms. The van der Waals surface area contributed by atoms with Crippen LogP contribution >= 0.6 is 12.2 Å². The standard InChI is InChI=1S/C23H25N3O2S/c1-4-27-17-10-8-16(9-11-17)19-12-13-20(28-19)22-21(18-7-5-6-14-24-18)25-23(29)26(22)15(2)3/h5-15,21-22H,4H2,1-3H3,(H,25,29)/t21-,22+/m1/s1. The van der Waals surface area contributed by atoms with Crippen LogP contribution in [0.5, 0.6) is 5.75 Å². The molecule has 0 spiro atoms. The highest BCUT2D eigenvalue weighted by Crippen LogP contribution is 2.41. The molecule has 0 bridgehead atoms. The number of nitrogens with zero attached hydrogens (tertiary/aromatic N) is 2. The normalized spacial score (nSPS) is 18.9. The summed E-state index contributed by atoms with van der Waals surface area (Å²) in [5.74, 6) is 2.55. The zero-order valence-electron chi connectivity index (χ0n) is 16.8. The van der Waals surface area contributed by atoms with E-state index in [1.165, 1.54) is 0 Å². The van der Waals surface area contributed by atoms with Gasteiger partial charge in [-0.2, -0.15) is 0 Å². The van der Waals surface area contributed by atoms with E-state index in [0.717, 1.165) is 33.6 Å². The average Bonchev–Trinajstić information content (AvgIpc) is 3.34. The summed E-state index contributed by atoms with van der Waals surface area (Å²) < 4.78 is 11.9. The van der Waals surface area contributed by atoms with E-state index in [1.807, 2.05) is 67.7 Å². The Morgan fingerprint density at radius 1 is 1.14 bits per heavy atom. The van der Waals surface area contributed by atoms with Crippen LogP contribution in [0.1, 0.15) is 44.3 Å². The van der Waals surface area contributed by atoms with Crippen molar-refractivity contribution in [2.24, 2.45) is 0 Å². The van der Waals surface area contributed by atoms with Gasteiger partial charge in [0.05, 0.1) is 18.3 Å². The van der Waals surface area contributed by atoms with Gasteiger partial charge in [-0.1, -0.05) is 6.07 Å². The largest absolute Gasteiger partial charge is 0.494 e. The Bertz CT molecular complexity index is 969. The van der Waals surface area contributed by atoms with Gasteiger partial charge in [0.25, 0.3) is 0 Å². The lowest BCUT2D eigenvalue weighted by Crippen LogP contribution is -2.35. The van der Waals surface area contributed by atoms with Gasteiger partial charge in [0.2, 0.25) is 0 Å². The number of hydrogen-bond donors (Lipinski definition) is 1. The molecular weight excluding hydrogens is 382 g/mol. The number of aromatic nitrogens is 1. The van der Waals surface area contributed by atoms with E-state index in [2.05, 4.69) is 29.0 Å². The van der Waals surface area contributed by atoms with Gasteiger partial charge in [-0.05, 0) is 81.5 Å². The first-order valence-electron chi connectivity index (χ1n) is 9.91. The molecule has 0 radical (unpaired) electrons. The lowest BCUT2D eigenvalue weighted by molar-refractivity contribution is 0.237. The molecular formula is C23H25N3O2S. The molecule has 6 heteroatoms. The van der Waals surface area contributed by atoms with E-state index in [0.29, 0.717) is 6.61 Å². The Balaban J connectivity index is 1.68. The monoisotopic (exact) mass is 407 g/mol. The summed E-state index contributed by atoms with van der Waals surface area (Å²) in [6.07, 6.45) is 1.81. The zero-order valence-corrected chi connectivity index (χ0v) is 17.6. The Kier molecular flexibility index (Phi) is 5.53. The number of nitrogens with one attached hydrogen (secondary N) is 1. The summed E-state index contributed by atoms with van der Waals surface area (Å²) in [6, 6.07) is 18.0. The van der Waals surface area contributed by atoms with Crippen molar-refractivity contribution in [2.75, 3.05) is 6.61 Å². The minimum Gasteiger partial charge on any atom is -0.494 e. The van der Waals surface area contributed by atoms with Gasteiger partial charge < -0.3 is 19.4 Å². The molecule has 150 valence electrons. The van der Waals surface area contributed by atoms with Crippen LogP contribution in [-0.2, 0) is 0 Å². The number of pyridine rings is 1. The van der Waals surface area contributed by atoms with Crippen LogP contribution in [0.4, 0.5) is 0 Å². The van der Waals surface area contributed by atoms with Crippen LogP contribution in [0, 0.1) is 0 Å². The van der Waals surface area contributed by atoms with Gasteiger partial charge in [-0.25, -0.2) is 0 Å². The van der Waals surface area contributed by atoms with Crippen LogP contribution in [-0.4, -0.2) is 27.6 Å². The van der Waals surface area contributed by atoms with Gasteiger partial charge in [0.1, 0.15) is 23.3 Å². The third-order valence-corrected chi connectivity index (χ3v) is 5.39. The average molecular weight is 408 g/mol. The third-order valence-electron chi connectivity index (χ3n) is 5.06. The van der Waals surface area contributed by atoms with Crippen LogP contribution in [0.2, 0.25) is 0 Å². The second kappa shape index (κ2) is 8.25. The molecule has 0 aliphatic carbocycles. The molecule has 2 atom stereocenters. The fraction of sp³-hybridized carbons (Fsp3) is 0.304. The molecule has 0 unspecified atom stereocenters. The highest BCUT2D eigenvalue weighted by molar-refractivity contribution is 7.80. The SMILES string of the molecule is CCOc1ccc(-c2ccc([C@H]3[C@@H](c4ccccn4)NC(=S)N3C(C)C)o2)cc1. The Morgan fingerprint density at radius 3 is 2.59 bits per heavy atom. The Hall–Kier alpha value is -2.86. The van der Waals surface area contributed by atoms with E-state index in [9.17, 15) is 0 Å². The van der Waals surface area contributed by atoms with E-state index in [-0.39, 0.29) is 18.1 Å². The molecule has 3 heterocycles. The maximum Gasteiger partial charge on any atom is 0.170 e. The van der Waals surface area contributed by atoms with Crippen molar-refractivity contribution in [3.05, 3.63) is 72.2 Å². The molecule has 1 saturated heterocycles. The second-order valence-electron chi connectivity index (χ2n) is 7.29. The van der Waals surface area contributed by atoms with Gasteiger partial charge in [-0.3, -0.25) is 4.98 Å². The maximum absolute atomic E-state index is 6.32. The van der Waals surface area contributed by atoms with Crippen molar-refractivity contribution < 1.29 is 9.15 Å². The highest BCUT2D eigenvalue weighted by atomic mass is 32.1. The molecule has 0 saturated carbocycles. The smallest absolute Gasteiger partial charge is 0.170 e. The molecule has 1 aliphatic heterocycles. The molecule has 1 aliphatic rings. The molecule has 4 rings (SSSR count). The predicted molar refractivity (Wildman–Crippen MR) is 118 cm³/mol. The zero-order chi connectivity index (χ0) is 20.4. The van der Waals surface area contributed by atoms with Crippen LogP contribution in [0.15, 0.2) is 65.2 Å². The molecule has 0 amide bonds. The van der Waals surface area contributed by atoms with Crippen molar-refractivity contribution in [1.82, 2.24) is 15.2 Å². The van der Waals surface area contributed by atoms with Crippen molar-refractivity contribution in [3.63, 3.8) is 0 Å². The fourth-order valence-corrected chi connectivity index (χ4v) is 4.23. The Morgan fingerprint density at radius 2 is 1.93 bits per heavy atom. The van der Waals surface area contributed by atoms with E-state index in [1.54, 1.807) is 0 Å². The van der Waals surface area contributed by atoms with E-state index in [4.69, 9.17) is 21.4 Å². The molecule has 1 fully saturated rings. The molecule has 1 N–H and O–H groups in total. The molecule has 5 nitrogen and oxygen atoms in total. The van der Waals surface area contributed by atoms with Crippen LogP contribution in [0.25, 0.3) is 11.3 Å². The number of ether oxygens (including phenoxy) is 1. The second-order valence-corrected chi connectivity index (χ2v) is 7.67. The highest BCUT2D eigenvalue weighted by Gasteiger charge is 2.42. The van der Waals surface area contributed by atoms with E-state index < -0.39 is 0 Å². The minimum absolute atomic E-state index is 0.0613. The quantitative estimate of drug-likeness (QED) is 0.572. The number of rotatable bonds is 6. The number of thiocarbonyl (C=S) groups is 1. The third kappa shape index (κ3) is 3.85. The molecule has 2 aromatic heterocycles. The summed E-state index contributed by atoms with van der Waals surface area (Å²) in [5, 5.41) is 4.16. The summed E-state index contributed by atoms with van der Waals surface area (Å²) >= 11 is 5.64. The fourth-order valence-electron chi connectivity index (χ4n) is 3.78. The number of benzene rings is 1. The predicted octanol–water partition coefficient (Wildman–Crippen LogP) is 5.12. The van der Waals surface area contributed by atoms with Crippen molar-refractivity contribution in [1.29, 1.82) is 0 Å². The number of furan rings is 1. The van der Waals surface area contributed by atoms with E-state index >= 15 is 0 Å². The summed E-state index contributed by atoms with van der Waals surface area (Å²) in [4.78, 5) is 6.74. The minimum atomic E-state index is -0.0644. The summed E-state index contributed by atoms with van der Waals surface area (Å²) in [5.41, 5.74) is 1.96. The Labute approximate surface area is 176 Å². The van der Waals surface area contributed by atoms with Crippen LogP contribution in [0.3, 0.4) is 0 Å². The van der Waals surface area contributed by atoms with Crippen molar-refractivity contribution in [3.8, 4) is 17.1 Å². The van der Waals surface area contributed by atoms with Crippen molar-refractivity contribution in [2.45, 2.75) is 38.9 Å². The summed E-state index contributed by atoms with van der Waals surface area (Å²) in [6.45, 7) is 6.90. The first-order valence-corrected chi connectivity index (χ1v) is 10.3. The van der Waals surface area contributed by atoms with Gasteiger partial charge in [-0.15, -0.1) is 0 Å². The maximum atomic E-state index is 6.32. The topological polar surface area (TPSA) is 50.5 Å². The first-order chi connectivity index (χ1) is 14.1.